The van der Waals surface area contributed by atoms with E-state index in [1.54, 1.807) is 42.5 Å². The molecule has 8 nitrogen and oxygen atoms in total. The molecule has 1 N–H and O–H groups in total. The zero-order valence-electron chi connectivity index (χ0n) is 15.9. The van der Waals surface area contributed by atoms with Crippen LogP contribution in [0.5, 0.6) is 5.75 Å². The molecule has 2 heterocycles. The third-order valence-electron chi connectivity index (χ3n) is 4.62. The molecule has 4 rings (SSSR count). The lowest BCUT2D eigenvalue weighted by atomic mass is 10.1. The average Bonchev–Trinajstić information content (AvgIpc) is 3.19. The summed E-state index contributed by atoms with van der Waals surface area (Å²) >= 11 is 5.94. The van der Waals surface area contributed by atoms with Gasteiger partial charge in [-0.3, -0.25) is 9.59 Å². The first-order valence-corrected chi connectivity index (χ1v) is 9.48. The highest BCUT2D eigenvalue weighted by Gasteiger charge is 2.33. The highest BCUT2D eigenvalue weighted by Crippen LogP contribution is 2.33. The largest absolute Gasteiger partial charge is 0.477 e. The summed E-state index contributed by atoms with van der Waals surface area (Å²) in [5, 5.41) is 3.66. The Labute approximate surface area is 176 Å². The van der Waals surface area contributed by atoms with Gasteiger partial charge in [0.05, 0.1) is 12.2 Å². The number of anilines is 1. The van der Waals surface area contributed by atoms with Gasteiger partial charge in [-0.25, -0.2) is 4.79 Å². The van der Waals surface area contributed by atoms with E-state index in [-0.39, 0.29) is 18.2 Å². The quantitative estimate of drug-likeness (QED) is 0.642. The molecule has 9 heteroatoms. The molecule has 0 spiro atoms. The molecule has 0 fully saturated rings. The fraction of sp³-hybridized carbons (Fsp3) is 0.190. The van der Waals surface area contributed by atoms with E-state index in [0.717, 1.165) is 0 Å². The molecule has 154 valence electrons. The summed E-state index contributed by atoms with van der Waals surface area (Å²) in [4.78, 5) is 38.5. The summed E-state index contributed by atoms with van der Waals surface area (Å²) in [6.07, 6.45) is -0.871. The molecule has 1 aliphatic heterocycles. The predicted molar refractivity (Wildman–Crippen MR) is 109 cm³/mol. The molecule has 3 aromatic rings. The fourth-order valence-corrected chi connectivity index (χ4v) is 3.34. The van der Waals surface area contributed by atoms with Gasteiger partial charge in [-0.15, -0.1) is 0 Å². The maximum atomic E-state index is 12.8. The van der Waals surface area contributed by atoms with Crippen molar-refractivity contribution in [1.29, 1.82) is 0 Å². The van der Waals surface area contributed by atoms with Crippen LogP contribution in [0.3, 0.4) is 0 Å². The lowest BCUT2D eigenvalue weighted by molar-refractivity contribution is -0.128. The number of hydrogen-bond acceptors (Lipinski definition) is 6. The Morgan fingerprint density at radius 3 is 2.80 bits per heavy atom. The van der Waals surface area contributed by atoms with Crippen LogP contribution in [0.4, 0.5) is 5.69 Å². The second-order valence-electron chi connectivity index (χ2n) is 6.56. The first kappa shape index (κ1) is 19.8. The second kappa shape index (κ2) is 8.08. The molecule has 1 aliphatic rings. The molecule has 0 radical (unpaired) electrons. The standard InChI is InChI=1S/C21H17ClN2O6/c1-23-20(26)18-10-24(14-4-2-3-5-16(14)30-18)19(25)11-28-21(27)17-9-12-8-13(22)6-7-15(12)29-17/h2-9,18H,10-11H2,1H3,(H,23,26). The van der Waals surface area contributed by atoms with Gasteiger partial charge in [0.25, 0.3) is 11.8 Å². The van der Waals surface area contributed by atoms with Gasteiger partial charge < -0.3 is 24.1 Å². The molecule has 1 aromatic heterocycles. The minimum atomic E-state index is -0.871. The maximum Gasteiger partial charge on any atom is 0.374 e. The minimum absolute atomic E-state index is 0.00376. The van der Waals surface area contributed by atoms with Gasteiger partial charge in [-0.05, 0) is 36.4 Å². The van der Waals surface area contributed by atoms with Crippen LogP contribution < -0.4 is 15.0 Å². The molecule has 0 bridgehead atoms. The van der Waals surface area contributed by atoms with Gasteiger partial charge in [-0.2, -0.15) is 0 Å². The number of fused-ring (bicyclic) bond motifs is 2. The van der Waals surface area contributed by atoms with E-state index < -0.39 is 24.6 Å². The SMILES string of the molecule is CNC(=O)C1CN(C(=O)COC(=O)c2cc3cc(Cl)ccc3o2)c2ccccc2O1. The van der Waals surface area contributed by atoms with Crippen LogP contribution in [-0.4, -0.2) is 44.1 Å². The summed E-state index contributed by atoms with van der Waals surface area (Å²) in [5.41, 5.74) is 0.977. The minimum Gasteiger partial charge on any atom is -0.477 e. The smallest absolute Gasteiger partial charge is 0.374 e. The number of furan rings is 1. The van der Waals surface area contributed by atoms with Gasteiger partial charge in [0.15, 0.2) is 12.7 Å². The van der Waals surface area contributed by atoms with Gasteiger partial charge >= 0.3 is 5.97 Å². The molecule has 2 amide bonds. The Hall–Kier alpha value is -3.52. The molecule has 30 heavy (non-hydrogen) atoms. The van der Waals surface area contributed by atoms with Crippen molar-refractivity contribution in [3.63, 3.8) is 0 Å². The van der Waals surface area contributed by atoms with Crippen molar-refractivity contribution in [1.82, 2.24) is 5.32 Å². The van der Waals surface area contributed by atoms with Crippen LogP contribution >= 0.6 is 11.6 Å². The molecule has 0 saturated carbocycles. The number of likely N-dealkylation sites (N-methyl/N-ethyl adjacent to an activating group) is 1. The monoisotopic (exact) mass is 428 g/mol. The topological polar surface area (TPSA) is 98.1 Å². The number of carbonyl (C=O) groups is 3. The Morgan fingerprint density at radius 2 is 2.00 bits per heavy atom. The number of carbonyl (C=O) groups excluding carboxylic acids is 3. The number of ether oxygens (including phenoxy) is 2. The van der Waals surface area contributed by atoms with Crippen LogP contribution in [-0.2, 0) is 14.3 Å². The molecular weight excluding hydrogens is 412 g/mol. The van der Waals surface area contributed by atoms with E-state index in [0.29, 0.717) is 27.4 Å². The van der Waals surface area contributed by atoms with Gasteiger partial charge in [0.2, 0.25) is 5.76 Å². The Kier molecular flexibility index (Phi) is 5.33. The maximum absolute atomic E-state index is 12.8. The van der Waals surface area contributed by atoms with E-state index in [2.05, 4.69) is 5.32 Å². The number of amides is 2. The highest BCUT2D eigenvalue weighted by atomic mass is 35.5. The zero-order valence-corrected chi connectivity index (χ0v) is 16.6. The molecular formula is C21H17ClN2O6. The third kappa shape index (κ3) is 3.81. The summed E-state index contributed by atoms with van der Waals surface area (Å²) < 4.78 is 16.3. The van der Waals surface area contributed by atoms with Crippen molar-refractivity contribution < 1.29 is 28.3 Å². The van der Waals surface area contributed by atoms with Crippen LogP contribution in [0.1, 0.15) is 10.6 Å². The first-order valence-electron chi connectivity index (χ1n) is 9.10. The predicted octanol–water partition coefficient (Wildman–Crippen LogP) is 2.78. The van der Waals surface area contributed by atoms with E-state index >= 15 is 0 Å². The highest BCUT2D eigenvalue weighted by molar-refractivity contribution is 6.31. The van der Waals surface area contributed by atoms with E-state index in [1.807, 2.05) is 0 Å². The summed E-state index contributed by atoms with van der Waals surface area (Å²) in [6, 6.07) is 13.3. The van der Waals surface area contributed by atoms with Crippen LogP contribution in [0, 0.1) is 0 Å². The number of para-hydroxylation sites is 2. The number of rotatable bonds is 4. The molecule has 0 aliphatic carbocycles. The third-order valence-corrected chi connectivity index (χ3v) is 4.85. The van der Waals surface area contributed by atoms with Crippen molar-refractivity contribution in [3.05, 3.63) is 59.3 Å². The summed E-state index contributed by atoms with van der Waals surface area (Å²) in [7, 11) is 1.49. The second-order valence-corrected chi connectivity index (χ2v) is 7.00. The van der Waals surface area contributed by atoms with Crippen molar-refractivity contribution >= 4 is 46.0 Å². The Balaban J connectivity index is 1.48. The number of nitrogens with one attached hydrogen (secondary N) is 1. The summed E-state index contributed by atoms with van der Waals surface area (Å²) in [6.45, 7) is -0.526. The lowest BCUT2D eigenvalue weighted by Crippen LogP contribution is -2.51. The lowest BCUT2D eigenvalue weighted by Gasteiger charge is -2.33. The molecule has 1 unspecified atom stereocenters. The Morgan fingerprint density at radius 1 is 1.20 bits per heavy atom. The molecule has 1 atom stereocenters. The average molecular weight is 429 g/mol. The number of esters is 1. The van der Waals surface area contributed by atoms with Crippen molar-refractivity contribution in [2.45, 2.75) is 6.10 Å². The van der Waals surface area contributed by atoms with Crippen molar-refractivity contribution in [2.75, 3.05) is 25.1 Å². The van der Waals surface area contributed by atoms with E-state index in [9.17, 15) is 14.4 Å². The number of benzene rings is 2. The zero-order chi connectivity index (χ0) is 21.3. The van der Waals surface area contributed by atoms with Gasteiger partial charge in [0.1, 0.15) is 11.3 Å². The van der Waals surface area contributed by atoms with E-state index in [4.69, 9.17) is 25.5 Å². The Bertz CT molecular complexity index is 1140. The molecule has 0 saturated heterocycles. The van der Waals surface area contributed by atoms with Crippen LogP contribution in [0.2, 0.25) is 5.02 Å². The summed E-state index contributed by atoms with van der Waals surface area (Å²) in [5.74, 6) is -1.27. The van der Waals surface area contributed by atoms with Crippen molar-refractivity contribution in [3.8, 4) is 5.75 Å². The number of nitrogens with zero attached hydrogens (tertiary/aromatic N) is 1. The van der Waals surface area contributed by atoms with Gasteiger partial charge in [-0.1, -0.05) is 23.7 Å². The molecule has 2 aromatic carbocycles. The van der Waals surface area contributed by atoms with Crippen LogP contribution in [0.15, 0.2) is 52.9 Å². The van der Waals surface area contributed by atoms with Gasteiger partial charge in [0, 0.05) is 17.5 Å². The first-order chi connectivity index (χ1) is 14.5. The normalized spacial score (nSPS) is 15.3. The fourth-order valence-electron chi connectivity index (χ4n) is 3.16. The van der Waals surface area contributed by atoms with Crippen molar-refractivity contribution in [2.24, 2.45) is 0 Å². The number of hydrogen-bond donors (Lipinski definition) is 1. The number of halogens is 1. The van der Waals surface area contributed by atoms with E-state index in [1.165, 1.54) is 18.0 Å². The van der Waals surface area contributed by atoms with Crippen LogP contribution in [0.25, 0.3) is 11.0 Å².